The van der Waals surface area contributed by atoms with Crippen LogP contribution < -0.4 is 10.4 Å². The van der Waals surface area contributed by atoms with Crippen molar-refractivity contribution in [1.82, 2.24) is 13.9 Å². The fourth-order valence-corrected chi connectivity index (χ4v) is 5.94. The second kappa shape index (κ2) is 8.33. The molecule has 5 aromatic rings. The third-order valence-corrected chi connectivity index (χ3v) is 7.68. The van der Waals surface area contributed by atoms with E-state index in [0.29, 0.717) is 11.7 Å². The van der Waals surface area contributed by atoms with Gasteiger partial charge < -0.3 is 8.98 Å². The Morgan fingerprint density at radius 3 is 2.53 bits per heavy atom. The monoisotopic (exact) mass is 470 g/mol. The topological polar surface area (TPSA) is 57.4 Å². The van der Waals surface area contributed by atoms with Crippen molar-refractivity contribution in [3.05, 3.63) is 86.9 Å². The molecule has 0 atom stereocenters. The molecule has 0 bridgehead atoms. The minimum absolute atomic E-state index is 0.108. The number of thiazole rings is 1. The maximum Gasteiger partial charge on any atom is 0.297 e. The number of hydrogen-bond donors (Lipinski definition) is 0. The van der Waals surface area contributed by atoms with Gasteiger partial charge in [0.25, 0.3) is 5.56 Å². The van der Waals surface area contributed by atoms with E-state index in [4.69, 9.17) is 9.41 Å². The molecule has 1 aliphatic carbocycles. The summed E-state index contributed by atoms with van der Waals surface area (Å²) in [5.41, 5.74) is 3.95. The van der Waals surface area contributed by atoms with Crippen molar-refractivity contribution >= 4 is 28.0 Å². The van der Waals surface area contributed by atoms with Crippen LogP contribution in [0.25, 0.3) is 28.1 Å². The van der Waals surface area contributed by atoms with Gasteiger partial charge in [-0.2, -0.15) is 0 Å². The molecule has 0 spiro atoms. The Hall–Kier alpha value is -3.58. The van der Waals surface area contributed by atoms with Crippen molar-refractivity contribution in [1.29, 1.82) is 0 Å². The van der Waals surface area contributed by atoms with Crippen molar-refractivity contribution in [2.24, 2.45) is 12.0 Å². The van der Waals surface area contributed by atoms with Crippen molar-refractivity contribution in [2.45, 2.75) is 38.6 Å². The van der Waals surface area contributed by atoms with Gasteiger partial charge in [-0.05, 0) is 44.0 Å². The second-order valence-corrected chi connectivity index (χ2v) is 9.72. The Morgan fingerprint density at radius 2 is 1.76 bits per heavy atom. The van der Waals surface area contributed by atoms with Gasteiger partial charge in [0.05, 0.1) is 17.1 Å². The molecule has 34 heavy (non-hydrogen) atoms. The third-order valence-electron chi connectivity index (χ3n) is 6.84. The summed E-state index contributed by atoms with van der Waals surface area (Å²) >= 11 is 1.57. The van der Waals surface area contributed by atoms with E-state index in [1.807, 2.05) is 67.2 Å². The van der Waals surface area contributed by atoms with Gasteiger partial charge in [-0.1, -0.05) is 49.2 Å². The summed E-state index contributed by atoms with van der Waals surface area (Å²) in [7, 11) is 1.90. The first-order chi connectivity index (χ1) is 16.6. The van der Waals surface area contributed by atoms with Crippen LogP contribution in [0.2, 0.25) is 0 Å². The van der Waals surface area contributed by atoms with Crippen LogP contribution in [0.5, 0.6) is 0 Å². The number of benzene rings is 2. The maximum atomic E-state index is 13.5. The Bertz CT molecular complexity index is 1570. The highest BCUT2D eigenvalue weighted by Gasteiger charge is 2.24. The van der Waals surface area contributed by atoms with Crippen LogP contribution >= 0.6 is 11.3 Å². The minimum Gasteiger partial charge on any atom is -0.454 e. The molecule has 172 valence electrons. The van der Waals surface area contributed by atoms with E-state index in [-0.39, 0.29) is 5.56 Å². The van der Waals surface area contributed by atoms with Gasteiger partial charge in [-0.25, -0.2) is 9.67 Å². The lowest BCUT2D eigenvalue weighted by molar-refractivity contribution is 0.503. The summed E-state index contributed by atoms with van der Waals surface area (Å²) in [5.74, 6) is 0.845. The van der Waals surface area contributed by atoms with Gasteiger partial charge in [0.15, 0.2) is 16.2 Å². The van der Waals surface area contributed by atoms with Crippen LogP contribution in [-0.2, 0) is 7.05 Å². The highest BCUT2D eigenvalue weighted by atomic mass is 32.1. The normalized spacial score (nSPS) is 15.1. The van der Waals surface area contributed by atoms with Gasteiger partial charge in [0.1, 0.15) is 5.58 Å². The van der Waals surface area contributed by atoms with Gasteiger partial charge >= 0.3 is 0 Å². The number of furan rings is 1. The highest BCUT2D eigenvalue weighted by Crippen LogP contribution is 2.35. The van der Waals surface area contributed by atoms with Crippen LogP contribution in [0.3, 0.4) is 0 Å². The summed E-state index contributed by atoms with van der Waals surface area (Å²) in [6.45, 7) is 1.95. The quantitative estimate of drug-likeness (QED) is 0.318. The lowest BCUT2D eigenvalue weighted by atomic mass is 10.2. The summed E-state index contributed by atoms with van der Waals surface area (Å²) in [5, 5.41) is 3.20. The van der Waals surface area contributed by atoms with E-state index in [1.165, 1.54) is 12.8 Å². The van der Waals surface area contributed by atoms with Crippen LogP contribution in [0.1, 0.15) is 37.4 Å². The van der Waals surface area contributed by atoms with E-state index in [2.05, 4.69) is 22.1 Å². The first-order valence-corrected chi connectivity index (χ1v) is 12.6. The zero-order valence-corrected chi connectivity index (χ0v) is 20.1. The fraction of sp³-hybridized carbons (Fsp3) is 0.259. The molecule has 3 heterocycles. The largest absolute Gasteiger partial charge is 0.454 e. The minimum atomic E-state index is -0.108. The molecule has 6 nitrogen and oxygen atoms in total. The van der Waals surface area contributed by atoms with E-state index in [0.717, 1.165) is 51.4 Å². The molecule has 0 aliphatic heterocycles. The molecule has 1 fully saturated rings. The molecule has 1 aliphatic rings. The average molecular weight is 471 g/mol. The number of fused-ring (bicyclic) bond motifs is 1. The van der Waals surface area contributed by atoms with Gasteiger partial charge in [0, 0.05) is 23.9 Å². The molecule has 0 radical (unpaired) electrons. The molecular formula is C27H26N4O2S. The standard InChI is InChI=1S/C27H26N4O2S/c1-18-25(26(32)31(29(18)2)21-13-4-3-5-14-21)28-27-30(20-11-7-8-12-20)22(17-34-27)24-16-19-10-6-9-15-23(19)33-24/h3-6,9-10,13-17,20H,7-8,11-12H2,1-2H3. The molecule has 6 rings (SSSR count). The molecular weight excluding hydrogens is 444 g/mol. The molecule has 7 heteroatoms. The van der Waals surface area contributed by atoms with E-state index >= 15 is 0 Å². The zero-order chi connectivity index (χ0) is 23.2. The lowest BCUT2D eigenvalue weighted by Gasteiger charge is -2.14. The van der Waals surface area contributed by atoms with Crippen LogP contribution in [-0.4, -0.2) is 13.9 Å². The molecule has 0 N–H and O–H groups in total. The third kappa shape index (κ3) is 3.39. The predicted octanol–water partition coefficient (Wildman–Crippen LogP) is 6.11. The molecule has 2 aromatic carbocycles. The van der Waals surface area contributed by atoms with Crippen molar-refractivity contribution in [3.8, 4) is 17.1 Å². The molecule has 0 amide bonds. The van der Waals surface area contributed by atoms with Crippen molar-refractivity contribution in [3.63, 3.8) is 0 Å². The SMILES string of the molecule is Cc1c(N=c2scc(-c3cc4ccccc4o3)n2C2CCCC2)c(=O)n(-c2ccccc2)n1C. The number of hydrogen-bond acceptors (Lipinski definition) is 4. The van der Waals surface area contributed by atoms with Crippen molar-refractivity contribution in [2.75, 3.05) is 0 Å². The maximum absolute atomic E-state index is 13.5. The Labute approximate surface area is 201 Å². The number of aromatic nitrogens is 3. The van der Waals surface area contributed by atoms with Crippen molar-refractivity contribution < 1.29 is 4.42 Å². The smallest absolute Gasteiger partial charge is 0.297 e. The van der Waals surface area contributed by atoms with E-state index < -0.39 is 0 Å². The molecule has 0 unspecified atom stereocenters. The fourth-order valence-electron chi connectivity index (χ4n) is 4.98. The number of para-hydroxylation sites is 2. The number of nitrogens with zero attached hydrogens (tertiary/aromatic N) is 4. The first kappa shape index (κ1) is 21.0. The second-order valence-electron chi connectivity index (χ2n) is 8.88. The Morgan fingerprint density at radius 1 is 1.03 bits per heavy atom. The molecule has 1 saturated carbocycles. The number of rotatable bonds is 4. The van der Waals surface area contributed by atoms with Crippen LogP contribution in [0.4, 0.5) is 5.69 Å². The van der Waals surface area contributed by atoms with Gasteiger partial charge in [0.2, 0.25) is 0 Å². The van der Waals surface area contributed by atoms with Crippen LogP contribution in [0.15, 0.2) is 80.2 Å². The van der Waals surface area contributed by atoms with Crippen LogP contribution in [0, 0.1) is 6.92 Å². The summed E-state index contributed by atoms with van der Waals surface area (Å²) in [4.78, 5) is 19.3. The summed E-state index contributed by atoms with van der Waals surface area (Å²) in [6.07, 6.45) is 4.63. The zero-order valence-electron chi connectivity index (χ0n) is 19.3. The first-order valence-electron chi connectivity index (χ1n) is 11.7. The summed E-state index contributed by atoms with van der Waals surface area (Å²) < 4.78 is 12.1. The molecule has 0 saturated heterocycles. The summed E-state index contributed by atoms with van der Waals surface area (Å²) in [6, 6.07) is 20.2. The van der Waals surface area contributed by atoms with Gasteiger partial charge in [-0.15, -0.1) is 11.3 Å². The Balaban J connectivity index is 1.55. The van der Waals surface area contributed by atoms with Gasteiger partial charge in [-0.3, -0.25) is 9.48 Å². The average Bonchev–Trinajstić information content (AvgIpc) is 3.63. The molecule has 3 aromatic heterocycles. The van der Waals surface area contributed by atoms with E-state index in [1.54, 1.807) is 16.0 Å². The van der Waals surface area contributed by atoms with E-state index in [9.17, 15) is 4.79 Å². The lowest BCUT2D eigenvalue weighted by Crippen LogP contribution is -2.21. The Kier molecular flexibility index (Phi) is 5.14. The predicted molar refractivity (Wildman–Crippen MR) is 136 cm³/mol. The highest BCUT2D eigenvalue weighted by molar-refractivity contribution is 7.07.